The molecule has 2 amide bonds. The highest BCUT2D eigenvalue weighted by atomic mass is 79.9. The van der Waals surface area contributed by atoms with Crippen LogP contribution in [0.25, 0.3) is 17.4 Å². The van der Waals surface area contributed by atoms with Gasteiger partial charge >= 0.3 is 5.97 Å². The quantitative estimate of drug-likeness (QED) is 0.260. The molecule has 0 atom stereocenters. The number of amides is 2. The standard InChI is InChI=1S/C18H13BrN2O7S/c1-2-27-16(22)9-20-17(23)15(29-18(20)24)8-11-4-6-14(28-11)12-5-3-10(21(25)26)7-13(12)19/h3-8H,2,9H2,1H3. The monoisotopic (exact) mass is 480 g/mol. The lowest BCUT2D eigenvalue weighted by Gasteiger charge is -2.10. The van der Waals surface area contributed by atoms with Gasteiger partial charge in [-0.2, -0.15) is 0 Å². The number of ether oxygens (including phenoxy) is 1. The number of hydrogen-bond acceptors (Lipinski definition) is 8. The maximum Gasteiger partial charge on any atom is 0.326 e. The molecule has 1 aromatic heterocycles. The number of nitro groups is 1. The van der Waals surface area contributed by atoms with Crippen molar-refractivity contribution in [2.24, 2.45) is 0 Å². The van der Waals surface area contributed by atoms with Gasteiger partial charge in [0.15, 0.2) is 0 Å². The summed E-state index contributed by atoms with van der Waals surface area (Å²) in [6.07, 6.45) is 1.40. The molecule has 1 fully saturated rings. The van der Waals surface area contributed by atoms with Gasteiger partial charge < -0.3 is 9.15 Å². The summed E-state index contributed by atoms with van der Waals surface area (Å²) >= 11 is 3.97. The maximum atomic E-state index is 12.4. The Balaban J connectivity index is 1.80. The van der Waals surface area contributed by atoms with E-state index in [0.29, 0.717) is 33.3 Å². The summed E-state index contributed by atoms with van der Waals surface area (Å²) in [6, 6.07) is 7.49. The lowest BCUT2D eigenvalue weighted by molar-refractivity contribution is -0.384. The van der Waals surface area contributed by atoms with Crippen LogP contribution < -0.4 is 0 Å². The summed E-state index contributed by atoms with van der Waals surface area (Å²) in [5.74, 6) is -0.544. The summed E-state index contributed by atoms with van der Waals surface area (Å²) in [5.41, 5.74) is 0.522. The van der Waals surface area contributed by atoms with E-state index in [1.54, 1.807) is 19.1 Å². The topological polar surface area (TPSA) is 120 Å². The fourth-order valence-electron chi connectivity index (χ4n) is 2.49. The van der Waals surface area contributed by atoms with Gasteiger partial charge in [-0.05, 0) is 52.8 Å². The number of rotatable bonds is 6. The van der Waals surface area contributed by atoms with Crippen molar-refractivity contribution < 1.29 is 28.5 Å². The summed E-state index contributed by atoms with van der Waals surface area (Å²) in [7, 11) is 0. The van der Waals surface area contributed by atoms with Crippen LogP contribution in [-0.2, 0) is 14.3 Å². The Labute approximate surface area is 177 Å². The largest absolute Gasteiger partial charge is 0.465 e. The van der Waals surface area contributed by atoms with E-state index in [0.717, 1.165) is 4.90 Å². The van der Waals surface area contributed by atoms with Crippen LogP contribution in [0, 0.1) is 10.1 Å². The SMILES string of the molecule is CCOC(=O)CN1C(=O)SC(=Cc2ccc(-c3ccc([N+](=O)[O-])cc3Br)o2)C1=O. The number of imide groups is 1. The molecule has 1 saturated heterocycles. The van der Waals surface area contributed by atoms with E-state index in [2.05, 4.69) is 15.9 Å². The summed E-state index contributed by atoms with van der Waals surface area (Å²) in [4.78, 5) is 47.2. The van der Waals surface area contributed by atoms with Crippen molar-refractivity contribution >= 4 is 56.6 Å². The molecule has 2 heterocycles. The van der Waals surface area contributed by atoms with Crippen molar-refractivity contribution in [3.05, 3.63) is 55.6 Å². The normalized spacial score (nSPS) is 15.2. The highest BCUT2D eigenvalue weighted by Gasteiger charge is 2.36. The average Bonchev–Trinajstić information content (AvgIpc) is 3.22. The Morgan fingerprint density at radius 2 is 2.10 bits per heavy atom. The van der Waals surface area contributed by atoms with E-state index < -0.39 is 28.6 Å². The van der Waals surface area contributed by atoms with Gasteiger partial charge in [-0.25, -0.2) is 0 Å². The highest BCUT2D eigenvalue weighted by Crippen LogP contribution is 2.35. The van der Waals surface area contributed by atoms with Crippen LogP contribution in [0.2, 0.25) is 0 Å². The number of non-ortho nitro benzene ring substituents is 1. The lowest BCUT2D eigenvalue weighted by atomic mass is 10.1. The van der Waals surface area contributed by atoms with Crippen molar-refractivity contribution in [1.82, 2.24) is 4.90 Å². The minimum atomic E-state index is -0.667. The highest BCUT2D eigenvalue weighted by molar-refractivity contribution is 9.10. The fourth-order valence-corrected chi connectivity index (χ4v) is 3.87. The zero-order valence-corrected chi connectivity index (χ0v) is 17.3. The second-order valence-corrected chi connectivity index (χ2v) is 7.54. The minimum absolute atomic E-state index is 0.0670. The number of thioether (sulfide) groups is 1. The van der Waals surface area contributed by atoms with Crippen molar-refractivity contribution in [2.45, 2.75) is 6.92 Å². The summed E-state index contributed by atoms with van der Waals surface area (Å²) in [5, 5.41) is 10.3. The van der Waals surface area contributed by atoms with Gasteiger partial charge in [-0.1, -0.05) is 0 Å². The molecule has 1 aliphatic rings. The first-order valence-electron chi connectivity index (χ1n) is 8.25. The van der Waals surface area contributed by atoms with Crippen LogP contribution in [0.3, 0.4) is 0 Å². The van der Waals surface area contributed by atoms with Crippen LogP contribution in [0.4, 0.5) is 10.5 Å². The molecule has 0 aliphatic carbocycles. The Morgan fingerprint density at radius 1 is 1.34 bits per heavy atom. The number of benzene rings is 1. The predicted octanol–water partition coefficient (Wildman–Crippen LogP) is 4.22. The van der Waals surface area contributed by atoms with Crippen LogP contribution >= 0.6 is 27.7 Å². The number of nitrogens with zero attached hydrogens (tertiary/aromatic N) is 2. The molecule has 29 heavy (non-hydrogen) atoms. The number of hydrogen-bond donors (Lipinski definition) is 0. The van der Waals surface area contributed by atoms with Crippen molar-refractivity contribution in [1.29, 1.82) is 0 Å². The van der Waals surface area contributed by atoms with Gasteiger partial charge in [0.25, 0.3) is 16.8 Å². The molecule has 0 bridgehead atoms. The van der Waals surface area contributed by atoms with E-state index in [1.807, 2.05) is 0 Å². The minimum Gasteiger partial charge on any atom is -0.465 e. The van der Waals surface area contributed by atoms with E-state index in [9.17, 15) is 24.5 Å². The predicted molar refractivity (Wildman–Crippen MR) is 108 cm³/mol. The average molecular weight is 481 g/mol. The third-order valence-electron chi connectivity index (χ3n) is 3.80. The molecule has 1 aliphatic heterocycles. The molecular formula is C18H13BrN2O7S. The Hall–Kier alpha value is -2.92. The van der Waals surface area contributed by atoms with Gasteiger partial charge in [0.2, 0.25) is 0 Å². The van der Waals surface area contributed by atoms with Crippen LogP contribution in [0.1, 0.15) is 12.7 Å². The molecule has 0 spiro atoms. The van der Waals surface area contributed by atoms with Gasteiger partial charge in [0, 0.05) is 28.2 Å². The molecule has 11 heteroatoms. The first-order chi connectivity index (χ1) is 13.8. The molecule has 150 valence electrons. The Kier molecular flexibility index (Phi) is 6.18. The molecule has 0 saturated carbocycles. The Bertz CT molecular complexity index is 1050. The summed E-state index contributed by atoms with van der Waals surface area (Å²) < 4.78 is 10.9. The van der Waals surface area contributed by atoms with E-state index in [4.69, 9.17) is 9.15 Å². The molecule has 0 N–H and O–H groups in total. The zero-order valence-electron chi connectivity index (χ0n) is 14.9. The number of nitro benzene ring substituents is 1. The number of carbonyl (C=O) groups is 3. The Morgan fingerprint density at radius 3 is 2.76 bits per heavy atom. The number of esters is 1. The second-order valence-electron chi connectivity index (χ2n) is 5.70. The molecular weight excluding hydrogens is 468 g/mol. The van der Waals surface area contributed by atoms with Crippen LogP contribution in [-0.4, -0.2) is 40.1 Å². The second kappa shape index (κ2) is 8.62. The van der Waals surface area contributed by atoms with Crippen molar-refractivity contribution in [3.8, 4) is 11.3 Å². The molecule has 0 radical (unpaired) electrons. The fraction of sp³-hybridized carbons (Fsp3) is 0.167. The smallest absolute Gasteiger partial charge is 0.326 e. The third-order valence-corrected chi connectivity index (χ3v) is 5.36. The van der Waals surface area contributed by atoms with Crippen molar-refractivity contribution in [3.63, 3.8) is 0 Å². The van der Waals surface area contributed by atoms with Gasteiger partial charge in [0.1, 0.15) is 18.1 Å². The number of carbonyl (C=O) groups excluding carboxylic acids is 3. The first-order valence-corrected chi connectivity index (χ1v) is 9.86. The number of furan rings is 1. The van der Waals surface area contributed by atoms with Gasteiger partial charge in [0.05, 0.1) is 16.4 Å². The molecule has 9 nitrogen and oxygen atoms in total. The molecule has 1 aromatic carbocycles. The van der Waals surface area contributed by atoms with E-state index >= 15 is 0 Å². The summed E-state index contributed by atoms with van der Waals surface area (Å²) in [6.45, 7) is 1.33. The first kappa shape index (κ1) is 20.8. The zero-order chi connectivity index (χ0) is 21.1. The van der Waals surface area contributed by atoms with E-state index in [1.165, 1.54) is 24.3 Å². The van der Waals surface area contributed by atoms with Gasteiger partial charge in [-0.15, -0.1) is 0 Å². The number of halogens is 1. The maximum absolute atomic E-state index is 12.4. The van der Waals surface area contributed by atoms with Crippen LogP contribution in [0.15, 0.2) is 44.1 Å². The molecule has 2 aromatic rings. The van der Waals surface area contributed by atoms with E-state index in [-0.39, 0.29) is 17.2 Å². The molecule has 3 rings (SSSR count). The lowest BCUT2D eigenvalue weighted by Crippen LogP contribution is -2.34. The molecule has 0 unspecified atom stereocenters. The van der Waals surface area contributed by atoms with Crippen molar-refractivity contribution in [2.75, 3.05) is 13.2 Å². The van der Waals surface area contributed by atoms with Crippen LogP contribution in [0.5, 0.6) is 0 Å². The third kappa shape index (κ3) is 4.57. The van der Waals surface area contributed by atoms with Gasteiger partial charge in [-0.3, -0.25) is 29.4 Å².